The van der Waals surface area contributed by atoms with E-state index in [4.69, 9.17) is 11.6 Å². The molecule has 1 aliphatic rings. The van der Waals surface area contributed by atoms with Crippen LogP contribution in [0.1, 0.15) is 46.5 Å². The molecule has 0 bridgehead atoms. The van der Waals surface area contributed by atoms with Crippen molar-refractivity contribution in [2.24, 2.45) is 10.8 Å². The molecule has 0 aromatic heterocycles. The van der Waals surface area contributed by atoms with Gasteiger partial charge in [-0.25, -0.2) is 0 Å². The van der Waals surface area contributed by atoms with Gasteiger partial charge in [0.1, 0.15) is 0 Å². The van der Waals surface area contributed by atoms with E-state index in [1.54, 1.807) is 0 Å². The molecule has 0 nitrogen and oxygen atoms in total. The number of hydrogen-bond donors (Lipinski definition) is 0. The van der Waals surface area contributed by atoms with Crippen LogP contribution in [0.5, 0.6) is 0 Å². The summed E-state index contributed by atoms with van der Waals surface area (Å²) in [5.41, 5.74) is 1.05. The van der Waals surface area contributed by atoms with Crippen LogP contribution in [0, 0.1) is 10.8 Å². The second-order valence-corrected chi connectivity index (χ2v) is 5.10. The highest BCUT2D eigenvalue weighted by atomic mass is 35.5. The van der Waals surface area contributed by atoms with Crippen molar-refractivity contribution in [2.45, 2.75) is 46.5 Å². The van der Waals surface area contributed by atoms with Gasteiger partial charge in [0.15, 0.2) is 0 Å². The molecule has 0 aliphatic heterocycles. The van der Waals surface area contributed by atoms with Crippen LogP contribution in [0.2, 0.25) is 0 Å². The van der Waals surface area contributed by atoms with Gasteiger partial charge in [-0.3, -0.25) is 0 Å². The first kappa shape index (κ1) is 9.38. The van der Waals surface area contributed by atoms with Crippen molar-refractivity contribution in [3.05, 3.63) is 0 Å². The van der Waals surface area contributed by atoms with Crippen molar-refractivity contribution in [1.82, 2.24) is 0 Å². The van der Waals surface area contributed by atoms with E-state index < -0.39 is 0 Å². The number of rotatable bonds is 4. The van der Waals surface area contributed by atoms with Crippen molar-refractivity contribution >= 4 is 11.6 Å². The molecule has 0 N–H and O–H groups in total. The molecule has 1 heteroatoms. The van der Waals surface area contributed by atoms with E-state index in [-0.39, 0.29) is 0 Å². The lowest BCUT2D eigenvalue weighted by atomic mass is 9.80. The molecule has 0 radical (unpaired) electrons. The summed E-state index contributed by atoms with van der Waals surface area (Å²) < 4.78 is 0. The molecule has 0 aromatic rings. The summed E-state index contributed by atoms with van der Waals surface area (Å²) >= 11 is 5.92. The van der Waals surface area contributed by atoms with E-state index in [0.29, 0.717) is 10.8 Å². The Labute approximate surface area is 75.3 Å². The van der Waals surface area contributed by atoms with Crippen LogP contribution in [0.4, 0.5) is 0 Å². The van der Waals surface area contributed by atoms with Crippen LogP contribution in [0.15, 0.2) is 0 Å². The van der Waals surface area contributed by atoms with Gasteiger partial charge >= 0.3 is 0 Å². The topological polar surface area (TPSA) is 0 Å². The minimum Gasteiger partial charge on any atom is -0.126 e. The van der Waals surface area contributed by atoms with Crippen molar-refractivity contribution < 1.29 is 0 Å². The van der Waals surface area contributed by atoms with Crippen molar-refractivity contribution in [3.63, 3.8) is 0 Å². The van der Waals surface area contributed by atoms with Gasteiger partial charge in [-0.2, -0.15) is 0 Å². The van der Waals surface area contributed by atoms with Crippen molar-refractivity contribution in [1.29, 1.82) is 0 Å². The third-order valence-electron chi connectivity index (χ3n) is 3.05. The Bertz CT molecular complexity index is 130. The Morgan fingerprint density at radius 3 is 2.18 bits per heavy atom. The molecule has 11 heavy (non-hydrogen) atoms. The average Bonchev–Trinajstić information content (AvgIpc) is 2.69. The maximum absolute atomic E-state index is 5.92. The Hall–Kier alpha value is 0.290. The van der Waals surface area contributed by atoms with Gasteiger partial charge in [0.2, 0.25) is 0 Å². The van der Waals surface area contributed by atoms with Crippen LogP contribution >= 0.6 is 11.6 Å². The first-order valence-electron chi connectivity index (χ1n) is 4.60. The number of alkyl halides is 1. The molecule has 0 unspecified atom stereocenters. The van der Waals surface area contributed by atoms with Crippen molar-refractivity contribution in [2.75, 3.05) is 5.88 Å². The van der Waals surface area contributed by atoms with Crippen LogP contribution in [-0.4, -0.2) is 5.88 Å². The Kier molecular flexibility index (Phi) is 2.53. The van der Waals surface area contributed by atoms with Gasteiger partial charge in [-0.1, -0.05) is 27.2 Å². The quantitative estimate of drug-likeness (QED) is 0.569. The van der Waals surface area contributed by atoms with Gasteiger partial charge < -0.3 is 0 Å². The first-order valence-corrected chi connectivity index (χ1v) is 5.13. The van der Waals surface area contributed by atoms with Gasteiger partial charge in [0.25, 0.3) is 0 Å². The maximum Gasteiger partial charge on any atom is 0.0280 e. The molecule has 0 amide bonds. The molecule has 0 saturated heterocycles. The predicted octanol–water partition coefficient (Wildman–Crippen LogP) is 3.83. The normalized spacial score (nSPS) is 21.8. The summed E-state index contributed by atoms with van der Waals surface area (Å²) in [5, 5.41) is 0. The SMILES string of the molecule is CCC(C)(C)CC1(CCl)CC1. The Morgan fingerprint density at radius 1 is 1.36 bits per heavy atom. The minimum absolute atomic E-state index is 0.505. The van der Waals surface area contributed by atoms with Gasteiger partial charge in [-0.15, -0.1) is 11.6 Å². The van der Waals surface area contributed by atoms with Gasteiger partial charge in [0, 0.05) is 5.88 Å². The fourth-order valence-electron chi connectivity index (χ4n) is 1.67. The smallest absolute Gasteiger partial charge is 0.0280 e. The molecule has 1 saturated carbocycles. The second-order valence-electron chi connectivity index (χ2n) is 4.83. The van der Waals surface area contributed by atoms with Crippen LogP contribution in [-0.2, 0) is 0 Å². The Balaban J connectivity index is 2.41. The molecule has 0 atom stereocenters. The molecular weight excluding hydrogens is 156 g/mol. The summed E-state index contributed by atoms with van der Waals surface area (Å²) in [6.07, 6.45) is 5.31. The van der Waals surface area contributed by atoms with E-state index in [1.807, 2.05) is 0 Å². The summed E-state index contributed by atoms with van der Waals surface area (Å²) in [6.45, 7) is 6.96. The van der Waals surface area contributed by atoms with E-state index in [2.05, 4.69) is 20.8 Å². The predicted molar refractivity (Wildman–Crippen MR) is 51.1 cm³/mol. The number of halogens is 1. The zero-order valence-corrected chi connectivity index (χ0v) is 8.67. The van der Waals surface area contributed by atoms with Crippen LogP contribution in [0.3, 0.4) is 0 Å². The first-order chi connectivity index (χ1) is 5.04. The summed E-state index contributed by atoms with van der Waals surface area (Å²) in [4.78, 5) is 0. The van der Waals surface area contributed by atoms with E-state index in [0.717, 1.165) is 5.88 Å². The van der Waals surface area contributed by atoms with Crippen LogP contribution in [0.25, 0.3) is 0 Å². The lowest BCUT2D eigenvalue weighted by molar-refractivity contribution is 0.257. The van der Waals surface area contributed by atoms with Gasteiger partial charge in [0.05, 0.1) is 0 Å². The summed E-state index contributed by atoms with van der Waals surface area (Å²) in [7, 11) is 0. The zero-order chi connectivity index (χ0) is 8.54. The lowest BCUT2D eigenvalue weighted by Gasteiger charge is -2.27. The van der Waals surface area contributed by atoms with Gasteiger partial charge in [-0.05, 0) is 30.1 Å². The fraction of sp³-hybridized carbons (Fsp3) is 1.00. The summed E-state index contributed by atoms with van der Waals surface area (Å²) in [5.74, 6) is 0.871. The Morgan fingerprint density at radius 2 is 1.91 bits per heavy atom. The molecule has 0 heterocycles. The third-order valence-corrected chi connectivity index (χ3v) is 3.62. The average molecular weight is 175 g/mol. The molecule has 66 valence electrons. The molecule has 0 aromatic carbocycles. The standard InChI is InChI=1S/C10H19Cl/c1-4-9(2,3)7-10(8-11)5-6-10/h4-8H2,1-3H3. The number of hydrogen-bond acceptors (Lipinski definition) is 0. The highest BCUT2D eigenvalue weighted by Crippen LogP contribution is 2.54. The lowest BCUT2D eigenvalue weighted by Crippen LogP contribution is -2.17. The molecule has 1 fully saturated rings. The van der Waals surface area contributed by atoms with E-state index in [1.165, 1.54) is 25.7 Å². The third kappa shape index (κ3) is 2.37. The molecular formula is C10H19Cl. The largest absolute Gasteiger partial charge is 0.126 e. The molecule has 1 rings (SSSR count). The second kappa shape index (κ2) is 2.97. The summed E-state index contributed by atoms with van der Waals surface area (Å²) in [6, 6.07) is 0. The highest BCUT2D eigenvalue weighted by molar-refractivity contribution is 6.18. The molecule has 1 aliphatic carbocycles. The van der Waals surface area contributed by atoms with Crippen molar-refractivity contribution in [3.8, 4) is 0 Å². The van der Waals surface area contributed by atoms with Crippen LogP contribution < -0.4 is 0 Å². The monoisotopic (exact) mass is 174 g/mol. The van der Waals surface area contributed by atoms with E-state index in [9.17, 15) is 0 Å². The van der Waals surface area contributed by atoms with E-state index >= 15 is 0 Å². The molecule has 0 spiro atoms. The fourth-order valence-corrected chi connectivity index (χ4v) is 2.04. The highest BCUT2D eigenvalue weighted by Gasteiger charge is 2.44. The minimum atomic E-state index is 0.505. The zero-order valence-electron chi connectivity index (χ0n) is 7.91. The maximum atomic E-state index is 5.92.